The molecule has 0 unspecified atom stereocenters. The third-order valence-electron chi connectivity index (χ3n) is 3.70. The van der Waals surface area contributed by atoms with Gasteiger partial charge in [-0.1, -0.05) is 0 Å². The van der Waals surface area contributed by atoms with Crippen molar-refractivity contribution in [1.29, 1.82) is 0 Å². The number of aliphatic carboxylic acids is 1. The number of ether oxygens (including phenoxy) is 1. The first-order valence-corrected chi connectivity index (χ1v) is 8.36. The predicted octanol–water partition coefficient (Wildman–Crippen LogP) is 4.22. The molecule has 0 aliphatic heterocycles. The molecular formula is C17H13F3N2O3S. The first-order valence-electron chi connectivity index (χ1n) is 7.48. The maximum absolute atomic E-state index is 12.6. The smallest absolute Gasteiger partial charge is 0.451 e. The molecule has 2 aromatic heterocycles. The van der Waals surface area contributed by atoms with Gasteiger partial charge in [0.25, 0.3) is 0 Å². The third-order valence-corrected chi connectivity index (χ3v) is 4.69. The van der Waals surface area contributed by atoms with Crippen molar-refractivity contribution in [1.82, 2.24) is 9.97 Å². The Balaban J connectivity index is 1.75. The third kappa shape index (κ3) is 3.93. The summed E-state index contributed by atoms with van der Waals surface area (Å²) in [7, 11) is 0. The molecule has 0 fully saturated rings. The van der Waals surface area contributed by atoms with E-state index in [1.807, 2.05) is 0 Å². The van der Waals surface area contributed by atoms with E-state index in [0.717, 1.165) is 21.8 Å². The molecule has 26 heavy (non-hydrogen) atoms. The Hall–Kier alpha value is -2.68. The van der Waals surface area contributed by atoms with E-state index in [4.69, 9.17) is 9.84 Å². The molecule has 3 aromatic rings. The van der Waals surface area contributed by atoms with Crippen molar-refractivity contribution in [2.75, 3.05) is 0 Å². The van der Waals surface area contributed by atoms with Crippen molar-refractivity contribution >= 4 is 27.4 Å². The summed E-state index contributed by atoms with van der Waals surface area (Å²) in [5, 5.41) is 11.5. The van der Waals surface area contributed by atoms with Crippen LogP contribution in [-0.4, -0.2) is 21.0 Å². The molecule has 0 amide bonds. The van der Waals surface area contributed by atoms with Crippen LogP contribution in [0.2, 0.25) is 0 Å². The van der Waals surface area contributed by atoms with Gasteiger partial charge in [0.15, 0.2) is 0 Å². The summed E-state index contributed by atoms with van der Waals surface area (Å²) in [5.74, 6) is -1.55. The van der Waals surface area contributed by atoms with Crippen molar-refractivity contribution in [2.24, 2.45) is 0 Å². The van der Waals surface area contributed by atoms with E-state index in [2.05, 4.69) is 9.97 Å². The van der Waals surface area contributed by atoms with Gasteiger partial charge in [-0.2, -0.15) is 13.2 Å². The monoisotopic (exact) mass is 382 g/mol. The second-order valence-electron chi connectivity index (χ2n) is 5.58. The number of nitrogens with zero attached hydrogens (tertiary/aromatic N) is 2. The largest absolute Gasteiger partial charge is 0.489 e. The van der Waals surface area contributed by atoms with E-state index in [9.17, 15) is 18.0 Å². The van der Waals surface area contributed by atoms with Gasteiger partial charge in [-0.3, -0.25) is 4.79 Å². The van der Waals surface area contributed by atoms with Crippen LogP contribution in [-0.2, 0) is 24.0 Å². The quantitative estimate of drug-likeness (QED) is 0.715. The number of hydrogen-bond donors (Lipinski definition) is 1. The molecule has 136 valence electrons. The van der Waals surface area contributed by atoms with E-state index in [-0.39, 0.29) is 18.7 Å². The lowest BCUT2D eigenvalue weighted by Crippen LogP contribution is -2.13. The summed E-state index contributed by atoms with van der Waals surface area (Å²) in [6.07, 6.45) is -3.52. The molecule has 0 saturated carbocycles. The average Bonchev–Trinajstić information content (AvgIpc) is 2.94. The second-order valence-corrected chi connectivity index (χ2v) is 6.49. The van der Waals surface area contributed by atoms with E-state index < -0.39 is 18.0 Å². The molecule has 0 saturated heterocycles. The molecule has 0 radical (unpaired) electrons. The molecule has 0 bridgehead atoms. The lowest BCUT2D eigenvalue weighted by molar-refractivity contribution is -0.145. The lowest BCUT2D eigenvalue weighted by atomic mass is 10.1. The first-order chi connectivity index (χ1) is 12.2. The molecule has 0 aliphatic carbocycles. The minimum Gasteiger partial charge on any atom is -0.489 e. The average molecular weight is 382 g/mol. The van der Waals surface area contributed by atoms with Gasteiger partial charge in [-0.25, -0.2) is 9.97 Å². The maximum atomic E-state index is 12.6. The van der Waals surface area contributed by atoms with Crippen molar-refractivity contribution in [3.05, 3.63) is 52.4 Å². The number of aromatic nitrogens is 2. The number of halogens is 3. The number of alkyl halides is 3. The van der Waals surface area contributed by atoms with Crippen LogP contribution < -0.4 is 4.74 Å². The highest BCUT2D eigenvalue weighted by Gasteiger charge is 2.34. The number of carboxylic acids is 1. The maximum Gasteiger partial charge on any atom is 0.451 e. The second kappa shape index (κ2) is 6.91. The van der Waals surface area contributed by atoms with Gasteiger partial charge in [0.2, 0.25) is 5.82 Å². The van der Waals surface area contributed by atoms with E-state index >= 15 is 0 Å². The van der Waals surface area contributed by atoms with Gasteiger partial charge in [0, 0.05) is 22.2 Å². The Morgan fingerprint density at radius 2 is 2.08 bits per heavy atom. The molecule has 3 rings (SSSR count). The number of hydrogen-bond acceptors (Lipinski definition) is 5. The number of carboxylic acid groups (broad SMARTS) is 1. The summed E-state index contributed by atoms with van der Waals surface area (Å²) in [6, 6.07) is 5.24. The number of fused-ring (bicyclic) bond motifs is 1. The van der Waals surface area contributed by atoms with E-state index in [1.54, 1.807) is 23.6 Å². The number of aryl methyl sites for hydroxylation is 1. The molecule has 9 heteroatoms. The van der Waals surface area contributed by atoms with Crippen molar-refractivity contribution in [3.63, 3.8) is 0 Å². The molecule has 0 spiro atoms. The molecule has 1 N–H and O–H groups in total. The summed E-state index contributed by atoms with van der Waals surface area (Å²) in [6.45, 7) is 1.50. The first kappa shape index (κ1) is 18.1. The van der Waals surface area contributed by atoms with Crippen LogP contribution in [0.3, 0.4) is 0 Å². The van der Waals surface area contributed by atoms with E-state index in [1.165, 1.54) is 18.3 Å². The summed E-state index contributed by atoms with van der Waals surface area (Å²) >= 11 is 1.41. The van der Waals surface area contributed by atoms with Crippen LogP contribution in [0.25, 0.3) is 10.1 Å². The molecule has 1 aromatic carbocycles. The van der Waals surface area contributed by atoms with Gasteiger partial charge < -0.3 is 9.84 Å². The Kier molecular flexibility index (Phi) is 4.82. The fraction of sp³-hybridized carbons (Fsp3) is 0.235. The van der Waals surface area contributed by atoms with Crippen LogP contribution in [0.5, 0.6) is 5.75 Å². The topological polar surface area (TPSA) is 72.3 Å². The van der Waals surface area contributed by atoms with Gasteiger partial charge in [0.05, 0.1) is 6.42 Å². The van der Waals surface area contributed by atoms with E-state index in [0.29, 0.717) is 11.3 Å². The van der Waals surface area contributed by atoms with Crippen molar-refractivity contribution in [2.45, 2.75) is 26.1 Å². The minimum absolute atomic E-state index is 0.0306. The minimum atomic E-state index is -4.58. The fourth-order valence-corrected chi connectivity index (χ4v) is 3.37. The van der Waals surface area contributed by atoms with Crippen LogP contribution in [0.4, 0.5) is 13.2 Å². The van der Waals surface area contributed by atoms with Crippen LogP contribution in [0, 0.1) is 6.92 Å². The molecule has 0 aliphatic rings. The van der Waals surface area contributed by atoms with Gasteiger partial charge >= 0.3 is 12.1 Å². The van der Waals surface area contributed by atoms with Crippen LogP contribution in [0.1, 0.15) is 22.6 Å². The highest BCUT2D eigenvalue weighted by Crippen LogP contribution is 2.30. The zero-order chi connectivity index (χ0) is 18.9. The summed E-state index contributed by atoms with van der Waals surface area (Å²) in [5.41, 5.74) is 1.39. The molecule has 5 nitrogen and oxygen atoms in total. The molecular weight excluding hydrogens is 369 g/mol. The standard InChI is InChI=1S/C17H13F3N2O3S/c1-9-11(6-21-16(22-9)17(18,19)20)7-25-12-2-3-13-10(4-15(23)24)8-26-14(13)5-12/h2-3,5-6,8H,4,7H2,1H3,(H,23,24). The van der Waals surface area contributed by atoms with Gasteiger partial charge in [-0.05, 0) is 41.5 Å². The number of carbonyl (C=O) groups is 1. The van der Waals surface area contributed by atoms with Crippen molar-refractivity contribution < 1.29 is 27.8 Å². The van der Waals surface area contributed by atoms with Crippen molar-refractivity contribution in [3.8, 4) is 5.75 Å². The zero-order valence-corrected chi connectivity index (χ0v) is 14.3. The van der Waals surface area contributed by atoms with Gasteiger partial charge in [0.1, 0.15) is 12.4 Å². The Bertz CT molecular complexity index is 970. The lowest BCUT2D eigenvalue weighted by Gasteiger charge is -2.10. The zero-order valence-electron chi connectivity index (χ0n) is 13.5. The highest BCUT2D eigenvalue weighted by molar-refractivity contribution is 7.17. The van der Waals surface area contributed by atoms with Crippen LogP contribution in [0.15, 0.2) is 29.8 Å². The normalized spacial score (nSPS) is 11.7. The number of benzene rings is 1. The number of rotatable bonds is 5. The fourth-order valence-electron chi connectivity index (χ4n) is 2.38. The molecule has 0 atom stereocenters. The summed E-state index contributed by atoms with van der Waals surface area (Å²) in [4.78, 5) is 17.7. The summed E-state index contributed by atoms with van der Waals surface area (Å²) < 4.78 is 44.3. The SMILES string of the molecule is Cc1nc(C(F)(F)F)ncc1COc1ccc2c(CC(=O)O)csc2c1. The highest BCUT2D eigenvalue weighted by atomic mass is 32.1. The number of thiophene rings is 1. The molecule has 2 heterocycles. The predicted molar refractivity (Wildman–Crippen MR) is 89.3 cm³/mol. The van der Waals surface area contributed by atoms with Crippen LogP contribution >= 0.6 is 11.3 Å². The Morgan fingerprint density at radius 3 is 2.73 bits per heavy atom. The Morgan fingerprint density at radius 1 is 1.31 bits per heavy atom. The van der Waals surface area contributed by atoms with Gasteiger partial charge in [-0.15, -0.1) is 11.3 Å². The Labute approximate surface area is 150 Å².